The average molecular weight is 426 g/mol. The Hall–Kier alpha value is -3.04. The van der Waals surface area contributed by atoms with Crippen LogP contribution in [0.1, 0.15) is 27.6 Å². The van der Waals surface area contributed by atoms with Gasteiger partial charge in [-0.1, -0.05) is 23.2 Å². The number of amides is 3. The van der Waals surface area contributed by atoms with E-state index in [0.717, 1.165) is 23.1 Å². The topological polar surface area (TPSA) is 110 Å². The van der Waals surface area contributed by atoms with Crippen molar-refractivity contribution in [1.82, 2.24) is 4.90 Å². The SMILES string of the molecule is CC(C(=O)Nc1ccc(F)c([N+](=O)[O-])c1)N1C(=O)c2cc(Cl)c(Cl)cc2C1=O. The van der Waals surface area contributed by atoms with Crippen molar-refractivity contribution in [2.24, 2.45) is 0 Å². The molecule has 1 atom stereocenters. The monoisotopic (exact) mass is 425 g/mol. The average Bonchev–Trinajstić information content (AvgIpc) is 2.86. The van der Waals surface area contributed by atoms with Gasteiger partial charge < -0.3 is 5.32 Å². The van der Waals surface area contributed by atoms with E-state index in [1.807, 2.05) is 0 Å². The fourth-order valence-electron chi connectivity index (χ4n) is 2.70. The second-order valence-corrected chi connectivity index (χ2v) is 6.70. The van der Waals surface area contributed by atoms with E-state index in [4.69, 9.17) is 23.2 Å². The molecule has 3 amide bonds. The summed E-state index contributed by atoms with van der Waals surface area (Å²) in [5.41, 5.74) is -0.865. The van der Waals surface area contributed by atoms with Crippen LogP contribution in [-0.2, 0) is 4.79 Å². The maximum Gasteiger partial charge on any atom is 0.306 e. The first-order valence-corrected chi connectivity index (χ1v) is 8.49. The number of nitro benzene ring substituents is 1. The number of fused-ring (bicyclic) bond motifs is 1. The zero-order chi connectivity index (χ0) is 20.7. The predicted octanol–water partition coefficient (Wildman–Crippen LogP) is 3.66. The molecule has 8 nitrogen and oxygen atoms in total. The minimum atomic E-state index is -1.26. The lowest BCUT2D eigenvalue weighted by atomic mass is 10.1. The first kappa shape index (κ1) is 19.7. The number of nitrogens with one attached hydrogen (secondary N) is 1. The number of nitrogens with zero attached hydrogens (tertiary/aromatic N) is 2. The Labute approximate surface area is 167 Å². The van der Waals surface area contributed by atoms with Crippen LogP contribution in [0.5, 0.6) is 0 Å². The van der Waals surface area contributed by atoms with Crippen LogP contribution in [0, 0.1) is 15.9 Å². The third-order valence-corrected chi connectivity index (χ3v) is 4.86. The van der Waals surface area contributed by atoms with Crippen LogP contribution in [0.3, 0.4) is 0 Å². The molecule has 28 heavy (non-hydrogen) atoms. The molecule has 2 aromatic rings. The summed E-state index contributed by atoms with van der Waals surface area (Å²) < 4.78 is 13.4. The quantitative estimate of drug-likeness (QED) is 0.456. The Kier molecular flexibility index (Phi) is 5.05. The molecule has 0 aromatic heterocycles. The van der Waals surface area contributed by atoms with Crippen LogP contribution in [-0.4, -0.2) is 33.6 Å². The van der Waals surface area contributed by atoms with Crippen LogP contribution in [0.15, 0.2) is 30.3 Å². The Balaban J connectivity index is 1.85. The highest BCUT2D eigenvalue weighted by Gasteiger charge is 2.41. The van der Waals surface area contributed by atoms with Gasteiger partial charge in [0.2, 0.25) is 11.7 Å². The molecule has 11 heteroatoms. The van der Waals surface area contributed by atoms with E-state index < -0.39 is 40.2 Å². The lowest BCUT2D eigenvalue weighted by molar-refractivity contribution is -0.387. The Morgan fingerprint density at radius 1 is 1.14 bits per heavy atom. The summed E-state index contributed by atoms with van der Waals surface area (Å²) in [6.45, 7) is 1.30. The minimum absolute atomic E-state index is 0.0106. The zero-order valence-corrected chi connectivity index (χ0v) is 15.5. The van der Waals surface area contributed by atoms with Crippen LogP contribution >= 0.6 is 23.2 Å². The summed E-state index contributed by atoms with van der Waals surface area (Å²) in [6.07, 6.45) is 0. The van der Waals surface area contributed by atoms with E-state index in [2.05, 4.69) is 5.32 Å². The predicted molar refractivity (Wildman–Crippen MR) is 98.1 cm³/mol. The highest BCUT2D eigenvalue weighted by Crippen LogP contribution is 2.32. The van der Waals surface area contributed by atoms with Gasteiger partial charge in [-0.25, -0.2) is 0 Å². The van der Waals surface area contributed by atoms with Gasteiger partial charge in [0.05, 0.1) is 26.1 Å². The molecule has 144 valence electrons. The molecule has 2 aromatic carbocycles. The molecule has 0 bridgehead atoms. The van der Waals surface area contributed by atoms with Crippen LogP contribution in [0.2, 0.25) is 10.0 Å². The standard InChI is InChI=1S/C17H10Cl2FN3O5/c1-7(15(24)21-8-2-3-13(20)14(4-8)23(27)28)22-16(25)9-5-11(18)12(19)6-10(9)17(22)26/h2-7H,1H3,(H,21,24). The van der Waals surface area contributed by atoms with E-state index in [1.165, 1.54) is 19.1 Å². The van der Waals surface area contributed by atoms with Crippen molar-refractivity contribution in [2.75, 3.05) is 5.32 Å². The summed E-state index contributed by atoms with van der Waals surface area (Å²) in [4.78, 5) is 48.1. The third kappa shape index (κ3) is 3.30. The van der Waals surface area contributed by atoms with Gasteiger partial charge in [0.15, 0.2) is 0 Å². The van der Waals surface area contributed by atoms with Crippen molar-refractivity contribution < 1.29 is 23.7 Å². The normalized spacial score (nSPS) is 14.1. The lowest BCUT2D eigenvalue weighted by Gasteiger charge is -2.21. The molecule has 0 saturated carbocycles. The highest BCUT2D eigenvalue weighted by molar-refractivity contribution is 6.43. The molecule has 0 fully saturated rings. The first-order valence-electron chi connectivity index (χ1n) is 7.73. The molecular weight excluding hydrogens is 416 g/mol. The van der Waals surface area contributed by atoms with Crippen LogP contribution < -0.4 is 5.32 Å². The van der Waals surface area contributed by atoms with Crippen LogP contribution in [0.4, 0.5) is 15.8 Å². The summed E-state index contributed by atoms with van der Waals surface area (Å²) >= 11 is 11.8. The number of hydrogen-bond donors (Lipinski definition) is 1. The Bertz CT molecular complexity index is 1020. The smallest absolute Gasteiger partial charge is 0.306 e. The second kappa shape index (κ2) is 7.17. The summed E-state index contributed by atoms with van der Waals surface area (Å²) in [7, 11) is 0. The Morgan fingerprint density at radius 2 is 1.68 bits per heavy atom. The minimum Gasteiger partial charge on any atom is -0.324 e. The highest BCUT2D eigenvalue weighted by atomic mass is 35.5. The maximum absolute atomic E-state index is 13.4. The summed E-state index contributed by atoms with van der Waals surface area (Å²) in [6, 6.07) is 4.01. The Morgan fingerprint density at radius 3 is 2.18 bits per heavy atom. The number of rotatable bonds is 4. The molecule has 1 aliphatic heterocycles. The van der Waals surface area contributed by atoms with Crippen molar-refractivity contribution in [3.63, 3.8) is 0 Å². The van der Waals surface area contributed by atoms with E-state index in [9.17, 15) is 28.9 Å². The number of anilines is 1. The number of imide groups is 1. The molecule has 1 unspecified atom stereocenters. The maximum atomic E-state index is 13.4. The molecule has 1 heterocycles. The lowest BCUT2D eigenvalue weighted by Crippen LogP contribution is -2.45. The van der Waals surface area contributed by atoms with E-state index in [0.29, 0.717) is 0 Å². The molecule has 0 saturated heterocycles. The van der Waals surface area contributed by atoms with Gasteiger partial charge in [-0.2, -0.15) is 4.39 Å². The number of nitro groups is 1. The fraction of sp³-hybridized carbons (Fsp3) is 0.118. The van der Waals surface area contributed by atoms with Crippen molar-refractivity contribution in [1.29, 1.82) is 0 Å². The van der Waals surface area contributed by atoms with E-state index in [1.54, 1.807) is 0 Å². The van der Waals surface area contributed by atoms with Gasteiger partial charge in [0.1, 0.15) is 6.04 Å². The zero-order valence-electron chi connectivity index (χ0n) is 14.0. The number of hydrogen-bond acceptors (Lipinski definition) is 5. The summed E-state index contributed by atoms with van der Waals surface area (Å²) in [5, 5.41) is 13.3. The fourth-order valence-corrected chi connectivity index (χ4v) is 3.03. The number of halogens is 3. The van der Waals surface area contributed by atoms with E-state index >= 15 is 0 Å². The number of carbonyl (C=O) groups excluding carboxylic acids is 3. The van der Waals surface area contributed by atoms with Gasteiger partial charge in [-0.15, -0.1) is 0 Å². The van der Waals surface area contributed by atoms with Crippen LogP contribution in [0.25, 0.3) is 0 Å². The first-order chi connectivity index (χ1) is 13.1. The van der Waals surface area contributed by atoms with Gasteiger partial charge in [0, 0.05) is 11.8 Å². The van der Waals surface area contributed by atoms with Gasteiger partial charge in [-0.3, -0.25) is 29.4 Å². The molecule has 3 rings (SSSR count). The molecular formula is C17H10Cl2FN3O5. The van der Waals surface area contributed by atoms with Crippen molar-refractivity contribution in [3.05, 3.63) is 67.4 Å². The second-order valence-electron chi connectivity index (χ2n) is 5.88. The van der Waals surface area contributed by atoms with Gasteiger partial charge in [0.25, 0.3) is 11.8 Å². The van der Waals surface area contributed by atoms with Crippen molar-refractivity contribution >= 4 is 52.3 Å². The number of benzene rings is 2. The molecule has 0 aliphatic carbocycles. The molecule has 1 N–H and O–H groups in total. The third-order valence-electron chi connectivity index (χ3n) is 4.14. The summed E-state index contributed by atoms with van der Waals surface area (Å²) in [5.74, 6) is -3.32. The van der Waals surface area contributed by atoms with Crippen molar-refractivity contribution in [3.8, 4) is 0 Å². The van der Waals surface area contributed by atoms with E-state index in [-0.39, 0.29) is 26.9 Å². The van der Waals surface area contributed by atoms with Gasteiger partial charge >= 0.3 is 5.69 Å². The molecule has 0 radical (unpaired) electrons. The molecule has 0 spiro atoms. The number of carbonyl (C=O) groups is 3. The van der Waals surface area contributed by atoms with Crippen molar-refractivity contribution in [2.45, 2.75) is 13.0 Å². The largest absolute Gasteiger partial charge is 0.324 e. The molecule has 1 aliphatic rings. The van der Waals surface area contributed by atoms with Gasteiger partial charge in [-0.05, 0) is 31.2 Å².